The Bertz CT molecular complexity index is 801. The number of hydrogen-bond acceptors (Lipinski definition) is 3. The summed E-state index contributed by atoms with van der Waals surface area (Å²) in [6.07, 6.45) is 5.42. The SMILES string of the molecule is O=NCC1CC(O)CC(c2ccc(Cl)c(Cc3ccc(C4CC4)cc3)c2)C1. The van der Waals surface area contributed by atoms with Crippen LogP contribution in [0.4, 0.5) is 0 Å². The number of nitrogens with zero attached hydrogens (tertiary/aromatic N) is 1. The molecule has 0 bridgehead atoms. The molecule has 2 aromatic rings. The molecule has 0 amide bonds. The highest BCUT2D eigenvalue weighted by Crippen LogP contribution is 2.40. The third-order valence-corrected chi connectivity index (χ3v) is 6.45. The summed E-state index contributed by atoms with van der Waals surface area (Å²) in [6, 6.07) is 15.2. The van der Waals surface area contributed by atoms with Crippen LogP contribution in [0, 0.1) is 10.8 Å². The Labute approximate surface area is 165 Å². The Balaban J connectivity index is 1.51. The van der Waals surface area contributed by atoms with E-state index in [1.54, 1.807) is 0 Å². The van der Waals surface area contributed by atoms with Crippen LogP contribution in [0.2, 0.25) is 5.02 Å². The maximum absolute atomic E-state index is 10.6. The molecule has 2 saturated carbocycles. The summed E-state index contributed by atoms with van der Waals surface area (Å²) in [5.74, 6) is 1.21. The summed E-state index contributed by atoms with van der Waals surface area (Å²) in [7, 11) is 0. The van der Waals surface area contributed by atoms with E-state index in [2.05, 4.69) is 41.6 Å². The van der Waals surface area contributed by atoms with Gasteiger partial charge in [-0.2, -0.15) is 4.91 Å². The van der Waals surface area contributed by atoms with Crippen molar-refractivity contribution in [2.24, 2.45) is 11.1 Å². The van der Waals surface area contributed by atoms with Crippen molar-refractivity contribution in [2.75, 3.05) is 6.54 Å². The van der Waals surface area contributed by atoms with Gasteiger partial charge in [-0.3, -0.25) is 0 Å². The van der Waals surface area contributed by atoms with Crippen molar-refractivity contribution in [3.8, 4) is 0 Å². The van der Waals surface area contributed by atoms with Crippen molar-refractivity contribution in [2.45, 2.75) is 56.5 Å². The molecule has 3 nitrogen and oxygen atoms in total. The standard InChI is InChI=1S/C23H26ClNO2/c24-23-8-7-19(20-10-16(14-25-27)11-22(26)13-20)12-21(23)9-15-1-3-17(4-2-15)18-5-6-18/h1-4,7-8,12,16,18,20,22,26H,5-6,9-11,13-14H2. The van der Waals surface area contributed by atoms with Gasteiger partial charge >= 0.3 is 0 Å². The second kappa shape index (κ2) is 8.12. The number of halogens is 1. The summed E-state index contributed by atoms with van der Waals surface area (Å²) in [5.41, 5.74) is 5.05. The van der Waals surface area contributed by atoms with Crippen LogP contribution in [0.1, 0.15) is 66.2 Å². The van der Waals surface area contributed by atoms with Crippen LogP contribution in [0.25, 0.3) is 0 Å². The lowest BCUT2D eigenvalue weighted by Gasteiger charge is -2.32. The zero-order chi connectivity index (χ0) is 18.8. The van der Waals surface area contributed by atoms with Crippen molar-refractivity contribution in [1.29, 1.82) is 0 Å². The molecule has 142 valence electrons. The normalized spacial score (nSPS) is 25.3. The summed E-state index contributed by atoms with van der Waals surface area (Å²) in [5, 5.41) is 14.0. The Morgan fingerprint density at radius 3 is 2.41 bits per heavy atom. The number of hydrogen-bond donors (Lipinski definition) is 1. The molecule has 0 aromatic heterocycles. The lowest BCUT2D eigenvalue weighted by molar-refractivity contribution is 0.0917. The Kier molecular flexibility index (Phi) is 5.60. The Hall–Kier alpha value is -1.71. The van der Waals surface area contributed by atoms with Crippen LogP contribution in [0.15, 0.2) is 47.6 Å². The van der Waals surface area contributed by atoms with Gasteiger partial charge in [0, 0.05) is 5.02 Å². The molecule has 0 saturated heterocycles. The monoisotopic (exact) mass is 383 g/mol. The van der Waals surface area contributed by atoms with Crippen LogP contribution in [0.5, 0.6) is 0 Å². The molecule has 3 unspecified atom stereocenters. The van der Waals surface area contributed by atoms with E-state index < -0.39 is 0 Å². The molecule has 0 aliphatic heterocycles. The van der Waals surface area contributed by atoms with Gasteiger partial charge in [-0.05, 0) is 84.6 Å². The number of rotatable bonds is 6. The summed E-state index contributed by atoms with van der Waals surface area (Å²) >= 11 is 6.48. The molecular formula is C23H26ClNO2. The van der Waals surface area contributed by atoms with Crippen LogP contribution in [-0.2, 0) is 6.42 Å². The summed E-state index contributed by atoms with van der Waals surface area (Å²) in [6.45, 7) is 0.293. The van der Waals surface area contributed by atoms with Crippen LogP contribution >= 0.6 is 11.6 Å². The van der Waals surface area contributed by atoms with Crippen molar-refractivity contribution < 1.29 is 5.11 Å². The maximum atomic E-state index is 10.6. The van der Waals surface area contributed by atoms with E-state index in [-0.39, 0.29) is 17.9 Å². The van der Waals surface area contributed by atoms with Crippen LogP contribution in [-0.4, -0.2) is 17.8 Å². The van der Waals surface area contributed by atoms with Crippen molar-refractivity contribution >= 4 is 11.6 Å². The highest BCUT2D eigenvalue weighted by molar-refractivity contribution is 6.31. The lowest BCUT2D eigenvalue weighted by atomic mass is 9.76. The van der Waals surface area contributed by atoms with Gasteiger partial charge in [0.25, 0.3) is 0 Å². The largest absolute Gasteiger partial charge is 0.393 e. The van der Waals surface area contributed by atoms with E-state index in [1.807, 2.05) is 6.07 Å². The summed E-state index contributed by atoms with van der Waals surface area (Å²) < 4.78 is 0. The molecule has 4 rings (SSSR count). The van der Waals surface area contributed by atoms with Gasteiger partial charge in [-0.25, -0.2) is 0 Å². The topological polar surface area (TPSA) is 49.7 Å². The van der Waals surface area contributed by atoms with Crippen molar-refractivity contribution in [3.63, 3.8) is 0 Å². The van der Waals surface area contributed by atoms with Crippen LogP contribution in [0.3, 0.4) is 0 Å². The van der Waals surface area contributed by atoms with Gasteiger partial charge in [-0.1, -0.05) is 53.2 Å². The third kappa shape index (κ3) is 4.59. The van der Waals surface area contributed by atoms with E-state index in [9.17, 15) is 10.0 Å². The summed E-state index contributed by atoms with van der Waals surface area (Å²) in [4.78, 5) is 10.6. The van der Waals surface area contributed by atoms with Crippen LogP contribution < -0.4 is 0 Å². The molecule has 2 aliphatic rings. The molecule has 0 spiro atoms. The number of aliphatic hydroxyl groups is 1. The number of nitroso groups, excluding NO2 is 1. The molecule has 0 heterocycles. The Morgan fingerprint density at radius 2 is 1.70 bits per heavy atom. The average molecular weight is 384 g/mol. The van der Waals surface area contributed by atoms with Gasteiger partial charge in [0.15, 0.2) is 0 Å². The zero-order valence-corrected chi connectivity index (χ0v) is 16.2. The molecule has 2 fully saturated rings. The van der Waals surface area contributed by atoms with Crippen molar-refractivity contribution in [1.82, 2.24) is 0 Å². The minimum Gasteiger partial charge on any atom is -0.393 e. The molecule has 3 atom stereocenters. The first-order valence-corrected chi connectivity index (χ1v) is 10.3. The molecule has 1 N–H and O–H groups in total. The fraction of sp³-hybridized carbons (Fsp3) is 0.478. The second-order valence-electron chi connectivity index (χ2n) is 8.28. The van der Waals surface area contributed by atoms with E-state index in [1.165, 1.54) is 29.5 Å². The second-order valence-corrected chi connectivity index (χ2v) is 8.69. The number of aliphatic hydroxyl groups excluding tert-OH is 1. The third-order valence-electron chi connectivity index (χ3n) is 6.08. The van der Waals surface area contributed by atoms with Gasteiger partial charge in [0.1, 0.15) is 0 Å². The maximum Gasteiger partial charge on any atom is 0.0840 e. The van der Waals surface area contributed by atoms with Gasteiger partial charge < -0.3 is 5.11 Å². The minimum atomic E-state index is -0.357. The first-order valence-electron chi connectivity index (χ1n) is 9.96. The van der Waals surface area contributed by atoms with Gasteiger partial charge in [0.2, 0.25) is 0 Å². The highest BCUT2D eigenvalue weighted by atomic mass is 35.5. The molecule has 0 radical (unpaired) electrons. The predicted octanol–water partition coefficient (Wildman–Crippen LogP) is 5.82. The molecular weight excluding hydrogens is 358 g/mol. The van der Waals surface area contributed by atoms with E-state index in [0.29, 0.717) is 13.0 Å². The Morgan fingerprint density at radius 1 is 0.963 bits per heavy atom. The molecule has 27 heavy (non-hydrogen) atoms. The fourth-order valence-electron chi connectivity index (χ4n) is 4.46. The van der Waals surface area contributed by atoms with E-state index in [0.717, 1.165) is 35.8 Å². The quantitative estimate of drug-likeness (QED) is 0.639. The molecule has 2 aliphatic carbocycles. The number of benzene rings is 2. The average Bonchev–Trinajstić information content (AvgIpc) is 3.49. The fourth-order valence-corrected chi connectivity index (χ4v) is 4.64. The molecule has 4 heteroatoms. The van der Waals surface area contributed by atoms with E-state index in [4.69, 9.17) is 11.6 Å². The van der Waals surface area contributed by atoms with Crippen molar-refractivity contribution in [3.05, 3.63) is 74.6 Å². The lowest BCUT2D eigenvalue weighted by Crippen LogP contribution is -2.26. The van der Waals surface area contributed by atoms with Gasteiger partial charge in [0.05, 0.1) is 12.6 Å². The van der Waals surface area contributed by atoms with Gasteiger partial charge in [-0.15, -0.1) is 0 Å². The smallest absolute Gasteiger partial charge is 0.0840 e. The highest BCUT2D eigenvalue weighted by Gasteiger charge is 2.29. The molecule has 2 aromatic carbocycles. The minimum absolute atomic E-state index is 0.172. The zero-order valence-electron chi connectivity index (χ0n) is 15.5. The first-order chi connectivity index (χ1) is 13.1. The first kappa shape index (κ1) is 18.6. The predicted molar refractivity (Wildman–Crippen MR) is 109 cm³/mol. The van der Waals surface area contributed by atoms with E-state index >= 15 is 0 Å².